The minimum Gasteiger partial charge on any atom is -0.479 e. The van der Waals surface area contributed by atoms with Crippen LogP contribution < -0.4 is 0 Å². The zero-order chi connectivity index (χ0) is 16.7. The number of nitrogens with one attached hydrogen (secondary N) is 1. The summed E-state index contributed by atoms with van der Waals surface area (Å²) in [6.07, 6.45) is 0.101. The van der Waals surface area contributed by atoms with E-state index in [0.717, 1.165) is 0 Å². The number of aromatic nitrogens is 2. The molecule has 1 saturated heterocycles. The second-order valence-corrected chi connectivity index (χ2v) is 8.12. The average Bonchev–Trinajstić information content (AvgIpc) is 2.87. The van der Waals surface area contributed by atoms with E-state index in [1.165, 1.54) is 10.5 Å². The third-order valence-corrected chi connectivity index (χ3v) is 5.80. The van der Waals surface area contributed by atoms with E-state index >= 15 is 0 Å². The molecule has 9 heteroatoms. The van der Waals surface area contributed by atoms with Gasteiger partial charge in [-0.3, -0.25) is 5.10 Å². The maximum absolute atomic E-state index is 13.0. The topological polar surface area (TPSA) is 113 Å². The van der Waals surface area contributed by atoms with E-state index in [4.69, 9.17) is 9.84 Å². The largest absolute Gasteiger partial charge is 0.479 e. The predicted molar refractivity (Wildman–Crippen MR) is 78.0 cm³/mol. The number of morpholine rings is 1. The molecule has 1 aromatic heterocycles. The molecule has 1 fully saturated rings. The summed E-state index contributed by atoms with van der Waals surface area (Å²) >= 11 is 0. The first-order valence-electron chi connectivity index (χ1n) is 6.98. The lowest BCUT2D eigenvalue weighted by atomic mass is 10.0. The van der Waals surface area contributed by atoms with Gasteiger partial charge in [0.1, 0.15) is 4.90 Å². The third-order valence-electron chi connectivity index (χ3n) is 3.70. The number of rotatable bonds is 4. The number of carboxylic acid groups (broad SMARTS) is 1. The van der Waals surface area contributed by atoms with Gasteiger partial charge < -0.3 is 9.84 Å². The zero-order valence-corrected chi connectivity index (χ0v) is 13.8. The molecule has 0 bridgehead atoms. The third kappa shape index (κ3) is 2.88. The van der Waals surface area contributed by atoms with Crippen molar-refractivity contribution in [1.82, 2.24) is 14.5 Å². The van der Waals surface area contributed by atoms with Gasteiger partial charge in [-0.2, -0.15) is 9.40 Å². The van der Waals surface area contributed by atoms with Crippen molar-refractivity contribution in [1.29, 1.82) is 0 Å². The van der Waals surface area contributed by atoms with Gasteiger partial charge >= 0.3 is 5.97 Å². The Kier molecular flexibility index (Phi) is 4.33. The van der Waals surface area contributed by atoms with Crippen LogP contribution in [0.2, 0.25) is 0 Å². The highest BCUT2D eigenvalue weighted by atomic mass is 32.2. The number of hydrogen-bond acceptors (Lipinski definition) is 5. The van der Waals surface area contributed by atoms with Crippen LogP contribution in [0, 0.1) is 0 Å². The van der Waals surface area contributed by atoms with Crippen molar-refractivity contribution in [2.45, 2.75) is 50.2 Å². The van der Waals surface area contributed by atoms with Crippen LogP contribution in [0.5, 0.6) is 0 Å². The first-order chi connectivity index (χ1) is 10.1. The lowest BCUT2D eigenvalue weighted by Crippen LogP contribution is -2.59. The molecule has 22 heavy (non-hydrogen) atoms. The van der Waals surface area contributed by atoms with Gasteiger partial charge in [-0.1, -0.05) is 13.8 Å². The van der Waals surface area contributed by atoms with Gasteiger partial charge in [-0.05, 0) is 19.8 Å². The Hall–Kier alpha value is -1.45. The molecule has 0 radical (unpaired) electrons. The minimum atomic E-state index is -3.87. The molecule has 0 saturated carbocycles. The number of aromatic amines is 1. The molecule has 124 valence electrons. The second-order valence-electron chi connectivity index (χ2n) is 6.29. The van der Waals surface area contributed by atoms with E-state index in [0.29, 0.717) is 5.69 Å². The second kappa shape index (κ2) is 5.64. The molecule has 1 aliphatic rings. The molecule has 2 heterocycles. The number of carboxylic acids is 1. The molecule has 0 amide bonds. The Labute approximate surface area is 129 Å². The van der Waals surface area contributed by atoms with Gasteiger partial charge in [0.15, 0.2) is 6.10 Å². The molecule has 0 spiro atoms. The number of sulfonamides is 1. The number of hydrogen-bond donors (Lipinski definition) is 2. The summed E-state index contributed by atoms with van der Waals surface area (Å²) in [7, 11) is -3.87. The van der Waals surface area contributed by atoms with E-state index in [9.17, 15) is 13.2 Å². The number of H-pyrrole nitrogens is 1. The van der Waals surface area contributed by atoms with Crippen molar-refractivity contribution in [2.24, 2.45) is 0 Å². The fourth-order valence-corrected chi connectivity index (χ4v) is 4.44. The molecular weight excluding hydrogens is 310 g/mol. The molecule has 1 atom stereocenters. The summed E-state index contributed by atoms with van der Waals surface area (Å²) in [5.74, 6) is -1.22. The van der Waals surface area contributed by atoms with E-state index in [1.54, 1.807) is 13.8 Å². The Morgan fingerprint density at radius 2 is 2.18 bits per heavy atom. The maximum Gasteiger partial charge on any atom is 0.334 e. The number of nitrogens with zero attached hydrogens (tertiary/aromatic N) is 2. The molecule has 8 nitrogen and oxygen atoms in total. The molecule has 0 aromatic carbocycles. The number of ether oxygens (including phenoxy) is 1. The van der Waals surface area contributed by atoms with Crippen LogP contribution in [0.25, 0.3) is 0 Å². The highest BCUT2D eigenvalue weighted by Gasteiger charge is 2.45. The van der Waals surface area contributed by atoms with Crippen LogP contribution in [-0.4, -0.2) is 58.8 Å². The van der Waals surface area contributed by atoms with E-state index in [2.05, 4.69) is 10.2 Å². The van der Waals surface area contributed by atoms with Crippen LogP contribution in [0.3, 0.4) is 0 Å². The number of aliphatic carboxylic acids is 1. The van der Waals surface area contributed by atoms with Gasteiger partial charge in [0.2, 0.25) is 10.0 Å². The molecule has 1 unspecified atom stereocenters. The lowest BCUT2D eigenvalue weighted by molar-refractivity contribution is -0.159. The molecule has 1 aliphatic heterocycles. The van der Waals surface area contributed by atoms with Crippen LogP contribution >= 0.6 is 0 Å². The van der Waals surface area contributed by atoms with Gasteiger partial charge in [0.25, 0.3) is 0 Å². The van der Waals surface area contributed by atoms with E-state index in [1.807, 2.05) is 13.8 Å². The highest BCUT2D eigenvalue weighted by molar-refractivity contribution is 7.89. The quantitative estimate of drug-likeness (QED) is 0.843. The number of carbonyl (C=O) groups is 1. The molecule has 1 aromatic rings. The van der Waals surface area contributed by atoms with Crippen molar-refractivity contribution < 1.29 is 23.1 Å². The lowest BCUT2D eigenvalue weighted by Gasteiger charge is -2.42. The SMILES string of the molecule is CC(C)c1[nH]ncc1S(=O)(=O)N1CC(C(=O)O)OCC1(C)C. The van der Waals surface area contributed by atoms with Crippen molar-refractivity contribution in [3.05, 3.63) is 11.9 Å². The van der Waals surface area contributed by atoms with Gasteiger partial charge in [-0.25, -0.2) is 13.2 Å². The first-order valence-corrected chi connectivity index (χ1v) is 8.42. The van der Waals surface area contributed by atoms with Crippen LogP contribution in [0.15, 0.2) is 11.1 Å². The fourth-order valence-electron chi connectivity index (χ4n) is 2.42. The van der Waals surface area contributed by atoms with Crippen molar-refractivity contribution in [3.8, 4) is 0 Å². The highest BCUT2D eigenvalue weighted by Crippen LogP contribution is 2.32. The van der Waals surface area contributed by atoms with Crippen LogP contribution in [0.1, 0.15) is 39.3 Å². The summed E-state index contributed by atoms with van der Waals surface area (Å²) in [4.78, 5) is 11.2. The Bertz CT molecular complexity index is 665. The molecule has 0 aliphatic carbocycles. The maximum atomic E-state index is 13.0. The normalized spacial score (nSPS) is 22.9. The van der Waals surface area contributed by atoms with E-state index < -0.39 is 27.6 Å². The Balaban J connectivity index is 2.45. The summed E-state index contributed by atoms with van der Waals surface area (Å²) in [5.41, 5.74) is -0.329. The smallest absolute Gasteiger partial charge is 0.334 e. The van der Waals surface area contributed by atoms with Crippen molar-refractivity contribution in [2.75, 3.05) is 13.2 Å². The predicted octanol–water partition coefficient (Wildman–Crippen LogP) is 0.786. The van der Waals surface area contributed by atoms with Crippen molar-refractivity contribution in [3.63, 3.8) is 0 Å². The summed E-state index contributed by atoms with van der Waals surface area (Å²) in [6.45, 7) is 6.91. The standard InChI is InChI=1S/C13H21N3O5S/c1-8(2)11-10(5-14-15-11)22(19,20)16-6-9(12(17)18)21-7-13(16,3)4/h5,8-9H,6-7H2,1-4H3,(H,14,15)(H,17,18). The van der Waals surface area contributed by atoms with Crippen molar-refractivity contribution >= 4 is 16.0 Å². The van der Waals surface area contributed by atoms with Crippen LogP contribution in [0.4, 0.5) is 0 Å². The summed E-state index contributed by atoms with van der Waals surface area (Å²) in [6, 6.07) is 0. The van der Waals surface area contributed by atoms with Gasteiger partial charge in [0.05, 0.1) is 30.6 Å². The molecular formula is C13H21N3O5S. The zero-order valence-electron chi connectivity index (χ0n) is 13.0. The minimum absolute atomic E-state index is 0.0120. The fraction of sp³-hybridized carbons (Fsp3) is 0.692. The van der Waals surface area contributed by atoms with Gasteiger partial charge in [-0.15, -0.1) is 0 Å². The van der Waals surface area contributed by atoms with Crippen LogP contribution in [-0.2, 0) is 19.6 Å². The van der Waals surface area contributed by atoms with Gasteiger partial charge in [0, 0.05) is 0 Å². The van der Waals surface area contributed by atoms with E-state index in [-0.39, 0.29) is 24.0 Å². The first kappa shape index (κ1) is 16.9. The Morgan fingerprint density at radius 3 is 2.73 bits per heavy atom. The monoisotopic (exact) mass is 331 g/mol. The summed E-state index contributed by atoms with van der Waals surface area (Å²) < 4.78 is 32.4. The molecule has 2 rings (SSSR count). The molecule has 2 N–H and O–H groups in total. The Morgan fingerprint density at radius 1 is 1.55 bits per heavy atom. The average molecular weight is 331 g/mol. The summed E-state index contributed by atoms with van der Waals surface area (Å²) in [5, 5.41) is 15.6.